The fraction of sp³-hybridized carbons (Fsp3) is 0.333. The van der Waals surface area contributed by atoms with Crippen molar-refractivity contribution in [2.24, 2.45) is 0 Å². The molecule has 156 valence electrons. The van der Waals surface area contributed by atoms with Crippen LogP contribution >= 0.6 is 0 Å². The SMILES string of the molecule is COc1ccc(C(CNC(=O)c2c(-c3ccccc3)noc2C)N2CCCC2)cc1. The predicted molar refractivity (Wildman–Crippen MR) is 116 cm³/mol. The van der Waals surface area contributed by atoms with E-state index >= 15 is 0 Å². The van der Waals surface area contributed by atoms with E-state index in [1.807, 2.05) is 42.5 Å². The van der Waals surface area contributed by atoms with Gasteiger partial charge < -0.3 is 14.6 Å². The van der Waals surface area contributed by atoms with Gasteiger partial charge in [-0.1, -0.05) is 47.6 Å². The molecule has 1 unspecified atom stereocenters. The summed E-state index contributed by atoms with van der Waals surface area (Å²) in [7, 11) is 1.67. The number of likely N-dealkylation sites (tertiary alicyclic amines) is 1. The van der Waals surface area contributed by atoms with Crippen molar-refractivity contribution < 1.29 is 14.1 Å². The Morgan fingerprint density at radius 2 is 1.83 bits per heavy atom. The van der Waals surface area contributed by atoms with Crippen LogP contribution in [-0.2, 0) is 0 Å². The van der Waals surface area contributed by atoms with E-state index < -0.39 is 0 Å². The average molecular weight is 405 g/mol. The fourth-order valence-electron chi connectivity index (χ4n) is 4.05. The molecule has 1 atom stereocenters. The van der Waals surface area contributed by atoms with Crippen LogP contribution in [0.3, 0.4) is 0 Å². The monoisotopic (exact) mass is 405 g/mol. The Labute approximate surface area is 176 Å². The number of ether oxygens (including phenoxy) is 1. The summed E-state index contributed by atoms with van der Waals surface area (Å²) in [5, 5.41) is 7.26. The number of hydrogen-bond donors (Lipinski definition) is 1. The molecular weight excluding hydrogens is 378 g/mol. The molecule has 0 aliphatic carbocycles. The summed E-state index contributed by atoms with van der Waals surface area (Å²) in [5.41, 5.74) is 3.11. The second-order valence-electron chi connectivity index (χ2n) is 7.57. The van der Waals surface area contributed by atoms with Crippen LogP contribution in [0.25, 0.3) is 11.3 Å². The number of nitrogens with zero attached hydrogens (tertiary/aromatic N) is 2. The number of carbonyl (C=O) groups excluding carboxylic acids is 1. The van der Waals surface area contributed by atoms with E-state index in [-0.39, 0.29) is 11.9 Å². The van der Waals surface area contributed by atoms with Crippen LogP contribution in [0.2, 0.25) is 0 Å². The zero-order chi connectivity index (χ0) is 20.9. The highest BCUT2D eigenvalue weighted by Gasteiger charge is 2.26. The minimum absolute atomic E-state index is 0.114. The number of nitrogens with one attached hydrogen (secondary N) is 1. The summed E-state index contributed by atoms with van der Waals surface area (Å²) < 4.78 is 10.6. The number of aromatic nitrogens is 1. The van der Waals surface area contributed by atoms with Crippen molar-refractivity contribution in [3.63, 3.8) is 0 Å². The van der Waals surface area contributed by atoms with Gasteiger partial charge in [0.2, 0.25) is 0 Å². The number of hydrogen-bond acceptors (Lipinski definition) is 5. The minimum Gasteiger partial charge on any atom is -0.497 e. The topological polar surface area (TPSA) is 67.6 Å². The molecular formula is C24H27N3O3. The second-order valence-corrected chi connectivity index (χ2v) is 7.57. The largest absolute Gasteiger partial charge is 0.497 e. The van der Waals surface area contributed by atoms with E-state index in [0.717, 1.165) is 24.4 Å². The van der Waals surface area contributed by atoms with E-state index in [1.165, 1.54) is 18.4 Å². The van der Waals surface area contributed by atoms with E-state index in [1.54, 1.807) is 14.0 Å². The predicted octanol–water partition coefficient (Wildman–Crippen LogP) is 4.23. The Hall–Kier alpha value is -3.12. The van der Waals surface area contributed by atoms with Crippen molar-refractivity contribution in [1.29, 1.82) is 0 Å². The third kappa shape index (κ3) is 4.24. The van der Waals surface area contributed by atoms with Gasteiger partial charge in [0.25, 0.3) is 5.91 Å². The highest BCUT2D eigenvalue weighted by atomic mass is 16.5. The first kappa shape index (κ1) is 20.2. The van der Waals surface area contributed by atoms with Crippen molar-refractivity contribution in [2.75, 3.05) is 26.7 Å². The van der Waals surface area contributed by atoms with Crippen LogP contribution in [0.5, 0.6) is 5.75 Å². The Balaban J connectivity index is 1.54. The van der Waals surface area contributed by atoms with E-state index in [4.69, 9.17) is 9.26 Å². The van der Waals surface area contributed by atoms with Crippen molar-refractivity contribution in [3.05, 3.63) is 71.5 Å². The van der Waals surface area contributed by atoms with Gasteiger partial charge in [-0.25, -0.2) is 0 Å². The van der Waals surface area contributed by atoms with Crippen LogP contribution in [0.15, 0.2) is 59.1 Å². The van der Waals surface area contributed by atoms with E-state index in [9.17, 15) is 4.79 Å². The maximum Gasteiger partial charge on any atom is 0.257 e. The molecule has 0 radical (unpaired) electrons. The molecule has 1 saturated heterocycles. The van der Waals surface area contributed by atoms with Gasteiger partial charge in [-0.05, 0) is 50.6 Å². The summed E-state index contributed by atoms with van der Waals surface area (Å²) in [5.74, 6) is 1.19. The molecule has 6 heteroatoms. The Kier molecular flexibility index (Phi) is 6.14. The highest BCUT2D eigenvalue weighted by molar-refractivity contribution is 6.00. The van der Waals surface area contributed by atoms with E-state index in [0.29, 0.717) is 23.6 Å². The molecule has 3 aromatic rings. The Bertz CT molecular complexity index is 977. The minimum atomic E-state index is -0.162. The van der Waals surface area contributed by atoms with Crippen LogP contribution in [-0.4, -0.2) is 42.7 Å². The lowest BCUT2D eigenvalue weighted by Gasteiger charge is -2.28. The maximum absolute atomic E-state index is 13.1. The fourth-order valence-corrected chi connectivity index (χ4v) is 4.05. The Morgan fingerprint density at radius 1 is 1.13 bits per heavy atom. The second kappa shape index (κ2) is 9.13. The molecule has 0 bridgehead atoms. The molecule has 6 nitrogen and oxygen atoms in total. The van der Waals surface area contributed by atoms with Gasteiger partial charge >= 0.3 is 0 Å². The number of amides is 1. The first-order chi connectivity index (χ1) is 14.7. The quantitative estimate of drug-likeness (QED) is 0.637. The maximum atomic E-state index is 13.1. The van der Waals surface area contributed by atoms with Crippen LogP contribution < -0.4 is 10.1 Å². The molecule has 0 saturated carbocycles. The molecule has 30 heavy (non-hydrogen) atoms. The van der Waals surface area contributed by atoms with Gasteiger partial charge in [-0.15, -0.1) is 0 Å². The molecule has 4 rings (SSSR count). The molecule has 2 heterocycles. The molecule has 1 N–H and O–H groups in total. The lowest BCUT2D eigenvalue weighted by atomic mass is 10.0. The molecule has 0 spiro atoms. The van der Waals surface area contributed by atoms with Gasteiger partial charge in [-0.2, -0.15) is 0 Å². The highest BCUT2D eigenvalue weighted by Crippen LogP contribution is 2.28. The average Bonchev–Trinajstić information content (AvgIpc) is 3.45. The summed E-state index contributed by atoms with van der Waals surface area (Å²) >= 11 is 0. The first-order valence-electron chi connectivity index (χ1n) is 10.3. The normalized spacial score (nSPS) is 15.1. The number of benzene rings is 2. The third-order valence-electron chi connectivity index (χ3n) is 5.67. The smallest absolute Gasteiger partial charge is 0.257 e. The zero-order valence-corrected chi connectivity index (χ0v) is 17.4. The lowest BCUT2D eigenvalue weighted by molar-refractivity contribution is 0.0937. The van der Waals surface area contributed by atoms with Crippen molar-refractivity contribution in [1.82, 2.24) is 15.4 Å². The lowest BCUT2D eigenvalue weighted by Crippen LogP contribution is -2.37. The third-order valence-corrected chi connectivity index (χ3v) is 5.67. The molecule has 1 aliphatic heterocycles. The van der Waals surface area contributed by atoms with Gasteiger partial charge in [0.15, 0.2) is 0 Å². The van der Waals surface area contributed by atoms with Crippen molar-refractivity contribution in [2.45, 2.75) is 25.8 Å². The summed E-state index contributed by atoms with van der Waals surface area (Å²) in [4.78, 5) is 15.6. The molecule has 1 fully saturated rings. The van der Waals surface area contributed by atoms with E-state index in [2.05, 4.69) is 27.5 Å². The van der Waals surface area contributed by atoms with Crippen LogP contribution in [0, 0.1) is 6.92 Å². The summed E-state index contributed by atoms with van der Waals surface area (Å²) in [6.45, 7) is 4.36. The summed E-state index contributed by atoms with van der Waals surface area (Å²) in [6, 6.07) is 17.9. The van der Waals surface area contributed by atoms with Crippen molar-refractivity contribution in [3.8, 4) is 17.0 Å². The molecule has 1 aliphatic rings. The molecule has 1 amide bonds. The van der Waals surface area contributed by atoms with Gasteiger partial charge in [0.1, 0.15) is 22.8 Å². The molecule has 1 aromatic heterocycles. The number of carbonyl (C=O) groups is 1. The Morgan fingerprint density at radius 3 is 2.50 bits per heavy atom. The number of methoxy groups -OCH3 is 1. The number of rotatable bonds is 7. The van der Waals surface area contributed by atoms with Crippen LogP contribution in [0.4, 0.5) is 0 Å². The van der Waals surface area contributed by atoms with Crippen LogP contribution in [0.1, 0.15) is 40.6 Å². The van der Waals surface area contributed by atoms with Gasteiger partial charge in [0, 0.05) is 12.1 Å². The first-order valence-corrected chi connectivity index (χ1v) is 10.3. The standard InChI is InChI=1S/C24H27N3O3/c1-17-22(23(26-30-17)19-8-4-3-5-9-19)24(28)25-16-21(27-14-6-7-15-27)18-10-12-20(29-2)13-11-18/h3-5,8-13,21H,6-7,14-16H2,1-2H3,(H,25,28). The molecule has 2 aromatic carbocycles. The summed E-state index contributed by atoms with van der Waals surface area (Å²) in [6.07, 6.45) is 2.37. The number of aryl methyl sites for hydroxylation is 1. The van der Waals surface area contributed by atoms with Crippen molar-refractivity contribution >= 4 is 5.91 Å². The zero-order valence-electron chi connectivity index (χ0n) is 17.4. The van der Waals surface area contributed by atoms with Gasteiger partial charge in [0.05, 0.1) is 13.2 Å². The van der Waals surface area contributed by atoms with Gasteiger partial charge in [-0.3, -0.25) is 9.69 Å².